The van der Waals surface area contributed by atoms with Gasteiger partial charge in [-0.3, -0.25) is 9.36 Å². The van der Waals surface area contributed by atoms with Gasteiger partial charge in [0.2, 0.25) is 0 Å². The van der Waals surface area contributed by atoms with Crippen LogP contribution in [-0.2, 0) is 6.42 Å². The first-order chi connectivity index (χ1) is 16.0. The Morgan fingerprint density at radius 3 is 2.76 bits per heavy atom. The van der Waals surface area contributed by atoms with Crippen LogP contribution in [0.15, 0.2) is 52.4 Å². The molecule has 0 radical (unpaired) electrons. The quantitative estimate of drug-likeness (QED) is 0.310. The molecule has 4 aromatic rings. The van der Waals surface area contributed by atoms with Crippen LogP contribution in [0.1, 0.15) is 22.9 Å². The number of fused-ring (bicyclic) bond motifs is 2. The molecule has 0 spiro atoms. The van der Waals surface area contributed by atoms with Crippen molar-refractivity contribution in [3.63, 3.8) is 0 Å². The summed E-state index contributed by atoms with van der Waals surface area (Å²) in [6.07, 6.45) is 0.611. The highest BCUT2D eigenvalue weighted by Crippen LogP contribution is 2.34. The van der Waals surface area contributed by atoms with Crippen LogP contribution in [0, 0.1) is 13.8 Å². The third-order valence-electron chi connectivity index (χ3n) is 5.74. The van der Waals surface area contributed by atoms with E-state index in [1.165, 1.54) is 11.8 Å². The average molecular weight is 481 g/mol. The number of aryl methyl sites for hydroxylation is 3. The van der Waals surface area contributed by atoms with E-state index < -0.39 is 0 Å². The number of para-hydroxylation sites is 2. The summed E-state index contributed by atoms with van der Waals surface area (Å²) in [5.74, 6) is 2.22. The Hall–Kier alpha value is -2.97. The van der Waals surface area contributed by atoms with Gasteiger partial charge in [-0.15, -0.1) is 11.3 Å². The second-order valence-electron chi connectivity index (χ2n) is 7.98. The summed E-state index contributed by atoms with van der Waals surface area (Å²) in [7, 11) is 0. The van der Waals surface area contributed by atoms with Crippen molar-refractivity contribution in [2.24, 2.45) is 0 Å². The second kappa shape index (κ2) is 8.76. The highest BCUT2D eigenvalue weighted by molar-refractivity contribution is 7.99. The zero-order valence-electron chi connectivity index (χ0n) is 18.6. The molecule has 2 aromatic carbocycles. The third-order valence-corrected chi connectivity index (χ3v) is 7.85. The van der Waals surface area contributed by atoms with Crippen LogP contribution < -0.4 is 15.0 Å². The van der Waals surface area contributed by atoms with Gasteiger partial charge >= 0.3 is 0 Å². The molecule has 3 heterocycles. The monoisotopic (exact) mass is 480 g/mol. The van der Waals surface area contributed by atoms with Gasteiger partial charge in [-0.1, -0.05) is 30.8 Å². The lowest BCUT2D eigenvalue weighted by molar-refractivity contribution is 0.107. The van der Waals surface area contributed by atoms with Crippen molar-refractivity contribution in [1.29, 1.82) is 0 Å². The van der Waals surface area contributed by atoms with Crippen LogP contribution in [0.3, 0.4) is 0 Å². The molecule has 0 unspecified atom stereocenters. The Balaban J connectivity index is 1.57. The predicted molar refractivity (Wildman–Crippen MR) is 133 cm³/mol. The lowest BCUT2D eigenvalue weighted by Gasteiger charge is -2.26. The van der Waals surface area contributed by atoms with E-state index in [0.717, 1.165) is 38.8 Å². The van der Waals surface area contributed by atoms with Crippen molar-refractivity contribution >= 4 is 33.3 Å². The van der Waals surface area contributed by atoms with Crippen LogP contribution in [-0.4, -0.2) is 33.1 Å². The molecule has 170 valence electrons. The molecule has 0 amide bonds. The van der Waals surface area contributed by atoms with E-state index in [1.54, 1.807) is 34.1 Å². The number of rotatable bonds is 5. The predicted octanol–water partition coefficient (Wildman–Crippen LogP) is 5.26. The molecule has 1 aliphatic rings. The fourth-order valence-electron chi connectivity index (χ4n) is 4.14. The number of aromatic nitrogens is 2. The zero-order chi connectivity index (χ0) is 23.1. The van der Waals surface area contributed by atoms with E-state index >= 15 is 0 Å². The smallest absolute Gasteiger partial charge is 0.267 e. The summed E-state index contributed by atoms with van der Waals surface area (Å²) in [5.41, 5.74) is 2.49. The molecule has 33 heavy (non-hydrogen) atoms. The molecule has 6 nitrogen and oxygen atoms in total. The van der Waals surface area contributed by atoms with Crippen LogP contribution >= 0.6 is 23.1 Å². The van der Waals surface area contributed by atoms with Gasteiger partial charge in [0.05, 0.1) is 11.1 Å². The number of hydrogen-bond donors (Lipinski definition) is 1. The summed E-state index contributed by atoms with van der Waals surface area (Å²) < 4.78 is 13.6. The molecule has 0 saturated carbocycles. The van der Waals surface area contributed by atoms with Crippen LogP contribution in [0.2, 0.25) is 0 Å². The lowest BCUT2D eigenvalue weighted by Crippen LogP contribution is -2.31. The minimum atomic E-state index is -0.164. The molecule has 1 atom stereocenters. The Kier molecular flexibility index (Phi) is 5.80. The van der Waals surface area contributed by atoms with Gasteiger partial charge in [-0.25, -0.2) is 4.98 Å². The Bertz CT molecular complexity index is 1410. The van der Waals surface area contributed by atoms with Crippen molar-refractivity contribution in [2.75, 3.05) is 12.4 Å². The first-order valence-electron chi connectivity index (χ1n) is 10.8. The van der Waals surface area contributed by atoms with Gasteiger partial charge in [-0.2, -0.15) is 0 Å². The van der Waals surface area contributed by atoms with Crippen LogP contribution in [0.25, 0.3) is 15.9 Å². The number of phenolic OH excluding ortho intramolecular Hbond substituents is 1. The van der Waals surface area contributed by atoms with Crippen molar-refractivity contribution < 1.29 is 14.6 Å². The molecule has 0 saturated heterocycles. The number of benzene rings is 2. The van der Waals surface area contributed by atoms with Gasteiger partial charge in [0.15, 0.2) is 16.7 Å². The minimum absolute atomic E-state index is 0.0800. The topological polar surface area (TPSA) is 73.6 Å². The van der Waals surface area contributed by atoms with Crippen molar-refractivity contribution in [3.05, 3.63) is 68.8 Å². The third kappa shape index (κ3) is 3.98. The Morgan fingerprint density at radius 2 is 2.00 bits per heavy atom. The number of nitrogens with zero attached hydrogens (tertiary/aromatic N) is 2. The van der Waals surface area contributed by atoms with Gasteiger partial charge in [-0.05, 0) is 61.7 Å². The van der Waals surface area contributed by atoms with Gasteiger partial charge < -0.3 is 14.6 Å². The van der Waals surface area contributed by atoms with Crippen molar-refractivity contribution in [1.82, 2.24) is 9.55 Å². The minimum Gasteiger partial charge on any atom is -0.508 e. The van der Waals surface area contributed by atoms with E-state index in [0.29, 0.717) is 28.6 Å². The first kappa shape index (κ1) is 21.9. The van der Waals surface area contributed by atoms with Crippen LogP contribution in [0.4, 0.5) is 0 Å². The molecule has 1 aliphatic heterocycles. The normalized spacial score (nSPS) is 15.2. The molecule has 0 bridgehead atoms. The number of ether oxygens (including phenoxy) is 2. The molecule has 0 aliphatic carbocycles. The Labute approximate surface area is 199 Å². The zero-order valence-corrected chi connectivity index (χ0v) is 20.3. The van der Waals surface area contributed by atoms with E-state index in [2.05, 4.69) is 6.92 Å². The SMILES string of the molecule is CCc1c(C)sc2nc(SC[C@H]3COc4ccccc4O3)n(-c3ccc(O)cc3C)c(=O)c12. The van der Waals surface area contributed by atoms with E-state index in [-0.39, 0.29) is 17.4 Å². The largest absolute Gasteiger partial charge is 0.508 e. The van der Waals surface area contributed by atoms with Gasteiger partial charge in [0.1, 0.15) is 23.3 Å². The maximum Gasteiger partial charge on any atom is 0.267 e. The fourth-order valence-corrected chi connectivity index (χ4v) is 6.26. The van der Waals surface area contributed by atoms with E-state index in [4.69, 9.17) is 14.5 Å². The standard InChI is InChI=1S/C25H24N2O4S2/c1-4-18-15(3)33-23-22(18)24(29)27(19-10-9-16(28)11-14(19)2)25(26-23)32-13-17-12-30-20-7-5-6-8-21(20)31-17/h5-11,17,28H,4,12-13H2,1-3H3/t17-/m1/s1. The Morgan fingerprint density at radius 1 is 1.21 bits per heavy atom. The van der Waals surface area contributed by atoms with Crippen LogP contribution in [0.5, 0.6) is 17.2 Å². The number of hydrogen-bond acceptors (Lipinski definition) is 7. The number of thiophene rings is 1. The molecular formula is C25H24N2O4S2. The van der Waals surface area contributed by atoms with E-state index in [1.807, 2.05) is 38.1 Å². The number of thioether (sulfide) groups is 1. The highest BCUT2D eigenvalue weighted by atomic mass is 32.2. The average Bonchev–Trinajstić information content (AvgIpc) is 3.13. The van der Waals surface area contributed by atoms with Gasteiger partial charge in [0.25, 0.3) is 5.56 Å². The highest BCUT2D eigenvalue weighted by Gasteiger charge is 2.24. The molecule has 8 heteroatoms. The lowest BCUT2D eigenvalue weighted by atomic mass is 10.1. The number of phenols is 1. The molecular weight excluding hydrogens is 456 g/mol. The summed E-state index contributed by atoms with van der Waals surface area (Å²) in [6, 6.07) is 12.7. The fraction of sp³-hybridized carbons (Fsp3) is 0.280. The second-order valence-corrected chi connectivity index (χ2v) is 10.2. The molecule has 5 rings (SSSR count). The van der Waals surface area contributed by atoms with E-state index in [9.17, 15) is 9.90 Å². The molecule has 2 aromatic heterocycles. The summed E-state index contributed by atoms with van der Waals surface area (Å²) in [4.78, 5) is 20.6. The summed E-state index contributed by atoms with van der Waals surface area (Å²) >= 11 is 3.04. The number of aromatic hydroxyl groups is 1. The maximum atomic E-state index is 13.8. The summed E-state index contributed by atoms with van der Waals surface area (Å²) in [5, 5.41) is 11.2. The van der Waals surface area contributed by atoms with Crippen molar-refractivity contribution in [3.8, 4) is 22.9 Å². The summed E-state index contributed by atoms with van der Waals surface area (Å²) in [6.45, 7) is 6.42. The van der Waals surface area contributed by atoms with Gasteiger partial charge in [0, 0.05) is 10.6 Å². The maximum absolute atomic E-state index is 13.8. The first-order valence-corrected chi connectivity index (χ1v) is 12.6. The molecule has 1 N–H and O–H groups in total. The van der Waals surface area contributed by atoms with Crippen molar-refractivity contribution in [2.45, 2.75) is 38.5 Å². The molecule has 0 fully saturated rings.